The molecule has 0 aliphatic carbocycles. The summed E-state index contributed by atoms with van der Waals surface area (Å²) < 4.78 is 5.34. The summed E-state index contributed by atoms with van der Waals surface area (Å²) >= 11 is 0. The minimum absolute atomic E-state index is 0.318. The third-order valence-electron chi connectivity index (χ3n) is 2.64. The highest BCUT2D eigenvalue weighted by Crippen LogP contribution is 2.29. The minimum Gasteiger partial charge on any atom is -0.464 e. The van der Waals surface area contributed by atoms with E-state index in [1.165, 1.54) is 0 Å². The van der Waals surface area contributed by atoms with Gasteiger partial charge in [-0.05, 0) is 24.6 Å². The van der Waals surface area contributed by atoms with Crippen LogP contribution in [0.1, 0.15) is 18.4 Å². The maximum atomic E-state index is 11.2. The number of hydrogen-bond donors (Lipinski definition) is 1. The molecular weight excluding hydrogens is 202 g/mol. The van der Waals surface area contributed by atoms with Crippen LogP contribution in [0, 0.1) is 0 Å². The van der Waals surface area contributed by atoms with Crippen LogP contribution in [0.25, 0.3) is 11.3 Å². The molecule has 1 aromatic heterocycles. The quantitative estimate of drug-likeness (QED) is 0.855. The van der Waals surface area contributed by atoms with E-state index in [4.69, 9.17) is 10.2 Å². The fourth-order valence-electron chi connectivity index (χ4n) is 1.68. The Morgan fingerprint density at radius 3 is 2.62 bits per heavy atom. The van der Waals surface area contributed by atoms with Crippen molar-refractivity contribution < 1.29 is 9.21 Å². The Labute approximate surface area is 93.9 Å². The van der Waals surface area contributed by atoms with Gasteiger partial charge in [0.15, 0.2) is 0 Å². The van der Waals surface area contributed by atoms with Gasteiger partial charge in [0.1, 0.15) is 5.76 Å². The Morgan fingerprint density at radius 1 is 1.25 bits per heavy atom. The van der Waals surface area contributed by atoms with Crippen molar-refractivity contribution >= 4 is 5.91 Å². The first-order valence-corrected chi connectivity index (χ1v) is 5.12. The second-order valence-corrected chi connectivity index (χ2v) is 3.69. The molecule has 2 N–H and O–H groups in total. The molecule has 2 aromatic rings. The first-order valence-electron chi connectivity index (χ1n) is 5.12. The number of carbonyl (C=O) groups excluding carboxylic acids is 1. The number of hydrogen-bond acceptors (Lipinski definition) is 2. The molecule has 3 heteroatoms. The number of amides is 1. The molecule has 0 bridgehead atoms. The fraction of sp³-hybridized carbons (Fsp3) is 0.154. The topological polar surface area (TPSA) is 56.2 Å². The number of rotatable bonds is 3. The first-order chi connectivity index (χ1) is 7.70. The molecule has 0 radical (unpaired) electrons. The molecule has 16 heavy (non-hydrogen) atoms. The van der Waals surface area contributed by atoms with E-state index < -0.39 is 0 Å². The summed E-state index contributed by atoms with van der Waals surface area (Å²) in [6.07, 6.45) is 1.61. The summed E-state index contributed by atoms with van der Waals surface area (Å²) in [6.45, 7) is 1.80. The lowest BCUT2D eigenvalue weighted by Crippen LogP contribution is -2.19. The number of carbonyl (C=O) groups is 1. The Kier molecular flexibility index (Phi) is 2.77. The predicted octanol–water partition coefficient (Wildman–Crippen LogP) is 2.54. The second kappa shape index (κ2) is 4.23. The van der Waals surface area contributed by atoms with Gasteiger partial charge < -0.3 is 10.2 Å². The van der Waals surface area contributed by atoms with Gasteiger partial charge in [-0.15, -0.1) is 0 Å². The van der Waals surface area contributed by atoms with Crippen molar-refractivity contribution in [1.82, 2.24) is 0 Å². The van der Waals surface area contributed by atoms with Gasteiger partial charge in [0, 0.05) is 5.56 Å². The zero-order valence-electron chi connectivity index (χ0n) is 9.01. The molecule has 0 saturated carbocycles. The number of furan rings is 1. The van der Waals surface area contributed by atoms with Crippen LogP contribution in [0.2, 0.25) is 0 Å². The molecule has 0 aliphatic rings. The van der Waals surface area contributed by atoms with Gasteiger partial charge in [0.2, 0.25) is 5.91 Å². The average Bonchev–Trinajstić information content (AvgIpc) is 2.81. The summed E-state index contributed by atoms with van der Waals surface area (Å²) in [4.78, 5) is 11.2. The highest BCUT2D eigenvalue weighted by atomic mass is 16.3. The van der Waals surface area contributed by atoms with E-state index in [2.05, 4.69) is 0 Å². The molecule has 1 heterocycles. The van der Waals surface area contributed by atoms with E-state index in [0.717, 1.165) is 16.9 Å². The fourth-order valence-corrected chi connectivity index (χ4v) is 1.68. The van der Waals surface area contributed by atoms with Gasteiger partial charge in [-0.2, -0.15) is 0 Å². The van der Waals surface area contributed by atoms with E-state index in [9.17, 15) is 4.79 Å². The SMILES string of the molecule is CC(C(N)=O)c1ccccc1-c1ccco1. The van der Waals surface area contributed by atoms with Crippen molar-refractivity contribution in [1.29, 1.82) is 0 Å². The smallest absolute Gasteiger partial charge is 0.224 e. The maximum absolute atomic E-state index is 11.2. The number of nitrogens with two attached hydrogens (primary N) is 1. The zero-order valence-corrected chi connectivity index (χ0v) is 9.01. The number of primary amides is 1. The molecule has 3 nitrogen and oxygen atoms in total. The molecule has 2 rings (SSSR count). The lowest BCUT2D eigenvalue weighted by Gasteiger charge is -2.11. The summed E-state index contributed by atoms with van der Waals surface area (Å²) in [5, 5.41) is 0. The summed E-state index contributed by atoms with van der Waals surface area (Å²) in [5.74, 6) is 0.101. The summed E-state index contributed by atoms with van der Waals surface area (Å²) in [6, 6.07) is 11.3. The normalized spacial score (nSPS) is 12.3. The van der Waals surface area contributed by atoms with Crippen LogP contribution < -0.4 is 5.73 Å². The van der Waals surface area contributed by atoms with Gasteiger partial charge in [-0.3, -0.25) is 4.79 Å². The summed E-state index contributed by atoms with van der Waals surface area (Å²) in [7, 11) is 0. The van der Waals surface area contributed by atoms with Crippen molar-refractivity contribution in [2.24, 2.45) is 5.73 Å². The molecule has 1 amide bonds. The Bertz CT molecular complexity index is 488. The van der Waals surface area contributed by atoms with Crippen molar-refractivity contribution in [2.45, 2.75) is 12.8 Å². The largest absolute Gasteiger partial charge is 0.464 e. The molecule has 82 valence electrons. The molecule has 0 fully saturated rings. The lowest BCUT2D eigenvalue weighted by molar-refractivity contribution is -0.119. The minimum atomic E-state index is -0.334. The van der Waals surface area contributed by atoms with E-state index >= 15 is 0 Å². The van der Waals surface area contributed by atoms with E-state index in [1.54, 1.807) is 13.2 Å². The van der Waals surface area contributed by atoms with Crippen molar-refractivity contribution in [2.75, 3.05) is 0 Å². The van der Waals surface area contributed by atoms with Gasteiger partial charge in [-0.1, -0.05) is 24.3 Å². The third-order valence-corrected chi connectivity index (χ3v) is 2.64. The van der Waals surface area contributed by atoms with Crippen molar-refractivity contribution in [3.63, 3.8) is 0 Å². The Balaban J connectivity index is 2.50. The lowest BCUT2D eigenvalue weighted by atomic mass is 9.94. The first kappa shape index (κ1) is 10.5. The van der Waals surface area contributed by atoms with Crippen LogP contribution in [-0.4, -0.2) is 5.91 Å². The van der Waals surface area contributed by atoms with Gasteiger partial charge in [0.05, 0.1) is 12.2 Å². The van der Waals surface area contributed by atoms with E-state index in [1.807, 2.05) is 36.4 Å². The molecule has 0 spiro atoms. The van der Waals surface area contributed by atoms with Gasteiger partial charge in [-0.25, -0.2) is 0 Å². The number of benzene rings is 1. The van der Waals surface area contributed by atoms with Crippen LogP contribution in [-0.2, 0) is 4.79 Å². The predicted molar refractivity (Wildman–Crippen MR) is 61.8 cm³/mol. The molecule has 0 saturated heterocycles. The monoisotopic (exact) mass is 215 g/mol. The molecular formula is C13H13NO2. The average molecular weight is 215 g/mol. The van der Waals surface area contributed by atoms with Crippen LogP contribution in [0.15, 0.2) is 47.1 Å². The van der Waals surface area contributed by atoms with Crippen molar-refractivity contribution in [3.8, 4) is 11.3 Å². The Morgan fingerprint density at radius 2 is 2.00 bits per heavy atom. The zero-order chi connectivity index (χ0) is 11.5. The van der Waals surface area contributed by atoms with Crippen LogP contribution in [0.5, 0.6) is 0 Å². The third kappa shape index (κ3) is 1.84. The standard InChI is InChI=1S/C13H13NO2/c1-9(13(14)15)10-5-2-3-6-11(10)12-7-4-8-16-12/h2-9H,1H3,(H2,14,15). The summed E-state index contributed by atoms with van der Waals surface area (Å²) in [5.41, 5.74) is 7.13. The maximum Gasteiger partial charge on any atom is 0.224 e. The van der Waals surface area contributed by atoms with Crippen LogP contribution in [0.3, 0.4) is 0 Å². The molecule has 1 aromatic carbocycles. The Hall–Kier alpha value is -2.03. The van der Waals surface area contributed by atoms with E-state index in [-0.39, 0.29) is 11.8 Å². The second-order valence-electron chi connectivity index (χ2n) is 3.69. The van der Waals surface area contributed by atoms with E-state index in [0.29, 0.717) is 0 Å². The van der Waals surface area contributed by atoms with Crippen LogP contribution >= 0.6 is 0 Å². The molecule has 1 unspecified atom stereocenters. The van der Waals surface area contributed by atoms with Crippen LogP contribution in [0.4, 0.5) is 0 Å². The highest BCUT2D eigenvalue weighted by molar-refractivity contribution is 5.84. The van der Waals surface area contributed by atoms with Gasteiger partial charge in [0.25, 0.3) is 0 Å². The highest BCUT2D eigenvalue weighted by Gasteiger charge is 2.16. The molecule has 0 aliphatic heterocycles. The van der Waals surface area contributed by atoms with Gasteiger partial charge >= 0.3 is 0 Å². The molecule has 1 atom stereocenters. The van der Waals surface area contributed by atoms with Crippen molar-refractivity contribution in [3.05, 3.63) is 48.2 Å².